The fourth-order valence-corrected chi connectivity index (χ4v) is 3.59. The third kappa shape index (κ3) is 4.52. The topological polar surface area (TPSA) is 3.24 Å². The maximum Gasteiger partial charge on any atom is 0.0462 e. The lowest BCUT2D eigenvalue weighted by molar-refractivity contribution is 1.27. The van der Waals surface area contributed by atoms with Crippen molar-refractivity contribution in [2.75, 3.05) is 4.90 Å². The van der Waals surface area contributed by atoms with Gasteiger partial charge in [0.05, 0.1) is 0 Å². The van der Waals surface area contributed by atoms with E-state index in [4.69, 9.17) is 0 Å². The smallest absolute Gasteiger partial charge is 0.0462 e. The van der Waals surface area contributed by atoms with E-state index in [2.05, 4.69) is 129 Å². The van der Waals surface area contributed by atoms with Crippen LogP contribution in [0.25, 0.3) is 11.6 Å². The van der Waals surface area contributed by atoms with Gasteiger partial charge in [0.2, 0.25) is 0 Å². The number of rotatable bonds is 5. The van der Waals surface area contributed by atoms with Crippen molar-refractivity contribution < 1.29 is 0 Å². The van der Waals surface area contributed by atoms with Crippen molar-refractivity contribution >= 4 is 28.7 Å². The predicted molar refractivity (Wildman–Crippen MR) is 131 cm³/mol. The van der Waals surface area contributed by atoms with Crippen molar-refractivity contribution in [3.8, 4) is 0 Å². The lowest BCUT2D eigenvalue weighted by Gasteiger charge is -2.26. The molecule has 0 unspecified atom stereocenters. The summed E-state index contributed by atoms with van der Waals surface area (Å²) in [6.45, 7) is 6.41. The van der Waals surface area contributed by atoms with E-state index >= 15 is 0 Å². The first-order valence-electron chi connectivity index (χ1n) is 10.4. The average molecular weight is 390 g/mol. The standard InChI is InChI=1S/C29H27N/c1-22-9-15-27(16-10-22)30(28-17-11-23(2)12-18-28)29-19-13-26(14-20-29)24(3)21-25-7-5-4-6-8-25/h4-21H,1-3H3. The summed E-state index contributed by atoms with van der Waals surface area (Å²) in [7, 11) is 0. The van der Waals surface area contributed by atoms with Crippen molar-refractivity contribution in [3.05, 3.63) is 125 Å². The molecule has 1 heteroatoms. The normalized spacial score (nSPS) is 11.4. The van der Waals surface area contributed by atoms with Crippen molar-refractivity contribution in [2.45, 2.75) is 20.8 Å². The Labute approximate surface area is 179 Å². The van der Waals surface area contributed by atoms with Gasteiger partial charge >= 0.3 is 0 Å². The highest BCUT2D eigenvalue weighted by atomic mass is 15.1. The third-order valence-electron chi connectivity index (χ3n) is 5.35. The largest absolute Gasteiger partial charge is 0.311 e. The SMILES string of the molecule is CC(=Cc1ccccc1)c1ccc(N(c2ccc(C)cc2)c2ccc(C)cc2)cc1. The van der Waals surface area contributed by atoms with Gasteiger partial charge in [0.15, 0.2) is 0 Å². The number of hydrogen-bond acceptors (Lipinski definition) is 1. The molecule has 4 aromatic carbocycles. The van der Waals surface area contributed by atoms with Gasteiger partial charge in [0.1, 0.15) is 0 Å². The second-order valence-corrected chi connectivity index (χ2v) is 7.79. The summed E-state index contributed by atoms with van der Waals surface area (Å²) in [5, 5.41) is 0. The van der Waals surface area contributed by atoms with Crippen LogP contribution in [-0.4, -0.2) is 0 Å². The van der Waals surface area contributed by atoms with Gasteiger partial charge in [-0.05, 0) is 73.9 Å². The van der Waals surface area contributed by atoms with Crippen molar-refractivity contribution in [1.82, 2.24) is 0 Å². The second-order valence-electron chi connectivity index (χ2n) is 7.79. The molecule has 0 radical (unpaired) electrons. The van der Waals surface area contributed by atoms with E-state index in [9.17, 15) is 0 Å². The molecule has 4 aromatic rings. The van der Waals surface area contributed by atoms with Gasteiger partial charge in [-0.15, -0.1) is 0 Å². The zero-order chi connectivity index (χ0) is 20.9. The van der Waals surface area contributed by atoms with Crippen LogP contribution in [0.15, 0.2) is 103 Å². The minimum Gasteiger partial charge on any atom is -0.311 e. The first-order chi connectivity index (χ1) is 14.6. The molecule has 0 N–H and O–H groups in total. The fourth-order valence-electron chi connectivity index (χ4n) is 3.59. The third-order valence-corrected chi connectivity index (χ3v) is 5.35. The van der Waals surface area contributed by atoms with Crippen LogP contribution in [0.2, 0.25) is 0 Å². The summed E-state index contributed by atoms with van der Waals surface area (Å²) in [6, 6.07) is 36.7. The van der Waals surface area contributed by atoms with Crippen LogP contribution in [0, 0.1) is 13.8 Å². The molecule has 0 aliphatic rings. The molecule has 148 valence electrons. The van der Waals surface area contributed by atoms with Gasteiger partial charge in [0, 0.05) is 17.1 Å². The summed E-state index contributed by atoms with van der Waals surface area (Å²) < 4.78 is 0. The van der Waals surface area contributed by atoms with Crippen LogP contribution in [0.1, 0.15) is 29.2 Å². The molecule has 0 saturated carbocycles. The van der Waals surface area contributed by atoms with Gasteiger partial charge in [-0.1, -0.05) is 83.9 Å². The number of allylic oxidation sites excluding steroid dienone is 1. The van der Waals surface area contributed by atoms with Gasteiger partial charge in [-0.25, -0.2) is 0 Å². The first kappa shape index (κ1) is 19.7. The molecule has 0 fully saturated rings. The van der Waals surface area contributed by atoms with Crippen LogP contribution in [0.4, 0.5) is 17.1 Å². The molecule has 0 bridgehead atoms. The lowest BCUT2D eigenvalue weighted by Crippen LogP contribution is -2.09. The summed E-state index contributed by atoms with van der Waals surface area (Å²) in [4.78, 5) is 2.30. The summed E-state index contributed by atoms with van der Waals surface area (Å²) >= 11 is 0. The Morgan fingerprint density at radius 3 is 1.47 bits per heavy atom. The number of nitrogens with zero attached hydrogens (tertiary/aromatic N) is 1. The Morgan fingerprint density at radius 2 is 1.00 bits per heavy atom. The number of hydrogen-bond donors (Lipinski definition) is 0. The Kier molecular flexibility index (Phi) is 5.81. The first-order valence-corrected chi connectivity index (χ1v) is 10.4. The molecular formula is C29H27N. The summed E-state index contributed by atoms with van der Waals surface area (Å²) in [5.74, 6) is 0. The minimum atomic E-state index is 1.15. The van der Waals surface area contributed by atoms with Crippen LogP contribution in [0.5, 0.6) is 0 Å². The molecule has 0 aliphatic carbocycles. The van der Waals surface area contributed by atoms with E-state index in [1.807, 2.05) is 6.07 Å². The molecule has 0 aliphatic heterocycles. The molecule has 0 saturated heterocycles. The van der Waals surface area contributed by atoms with E-state index in [0.29, 0.717) is 0 Å². The number of anilines is 3. The molecule has 1 nitrogen and oxygen atoms in total. The number of aryl methyl sites for hydroxylation is 2. The average Bonchev–Trinajstić information content (AvgIpc) is 2.78. The van der Waals surface area contributed by atoms with E-state index < -0.39 is 0 Å². The molecule has 0 atom stereocenters. The lowest BCUT2D eigenvalue weighted by atomic mass is 10.0. The molecule has 0 amide bonds. The van der Waals surface area contributed by atoms with Gasteiger partial charge in [-0.2, -0.15) is 0 Å². The Morgan fingerprint density at radius 1 is 0.567 bits per heavy atom. The van der Waals surface area contributed by atoms with Crippen LogP contribution < -0.4 is 4.90 Å². The van der Waals surface area contributed by atoms with Crippen LogP contribution in [0.3, 0.4) is 0 Å². The minimum absolute atomic E-state index is 1.15. The van der Waals surface area contributed by atoms with Crippen molar-refractivity contribution in [3.63, 3.8) is 0 Å². The number of benzene rings is 4. The molecule has 0 aromatic heterocycles. The van der Waals surface area contributed by atoms with E-state index in [0.717, 1.165) is 17.1 Å². The van der Waals surface area contributed by atoms with Crippen molar-refractivity contribution in [1.29, 1.82) is 0 Å². The second kappa shape index (κ2) is 8.84. The highest BCUT2D eigenvalue weighted by Crippen LogP contribution is 2.35. The zero-order valence-corrected chi connectivity index (χ0v) is 17.8. The highest BCUT2D eigenvalue weighted by molar-refractivity contribution is 5.82. The summed E-state index contributed by atoms with van der Waals surface area (Å²) in [5.41, 5.74) is 9.71. The molecular weight excluding hydrogens is 362 g/mol. The van der Waals surface area contributed by atoms with Crippen LogP contribution >= 0.6 is 0 Å². The molecule has 4 rings (SSSR count). The molecule has 0 spiro atoms. The summed E-state index contributed by atoms with van der Waals surface area (Å²) in [6.07, 6.45) is 2.23. The maximum atomic E-state index is 2.30. The van der Waals surface area contributed by atoms with Crippen molar-refractivity contribution in [2.24, 2.45) is 0 Å². The van der Waals surface area contributed by atoms with Gasteiger partial charge in [0.25, 0.3) is 0 Å². The molecule has 0 heterocycles. The van der Waals surface area contributed by atoms with Gasteiger partial charge in [-0.3, -0.25) is 0 Å². The van der Waals surface area contributed by atoms with E-state index in [1.165, 1.54) is 27.8 Å². The zero-order valence-electron chi connectivity index (χ0n) is 17.8. The molecule has 30 heavy (non-hydrogen) atoms. The predicted octanol–water partition coefficient (Wildman–Crippen LogP) is 8.33. The maximum absolute atomic E-state index is 2.30. The highest BCUT2D eigenvalue weighted by Gasteiger charge is 2.12. The Hall–Kier alpha value is -3.58. The fraction of sp³-hybridized carbons (Fsp3) is 0.103. The van der Waals surface area contributed by atoms with Crippen LogP contribution in [-0.2, 0) is 0 Å². The quantitative estimate of drug-likeness (QED) is 0.310. The van der Waals surface area contributed by atoms with E-state index in [1.54, 1.807) is 0 Å². The Bertz CT molecular complexity index is 1070. The van der Waals surface area contributed by atoms with Gasteiger partial charge < -0.3 is 4.90 Å². The monoisotopic (exact) mass is 389 g/mol. The Balaban J connectivity index is 1.70. The van der Waals surface area contributed by atoms with E-state index in [-0.39, 0.29) is 0 Å².